The van der Waals surface area contributed by atoms with Crippen molar-refractivity contribution in [1.82, 2.24) is 0 Å². The lowest BCUT2D eigenvalue weighted by atomic mass is 9.83. The molecule has 0 aromatic heterocycles. The molecule has 1 aliphatic rings. The van der Waals surface area contributed by atoms with Crippen LogP contribution in [-0.4, -0.2) is 22.4 Å². The second-order valence-electron chi connectivity index (χ2n) is 6.01. The predicted molar refractivity (Wildman–Crippen MR) is 62.9 cm³/mol. The molecule has 0 saturated carbocycles. The predicted octanol–water partition coefficient (Wildman–Crippen LogP) is 3.13. The highest BCUT2D eigenvalue weighted by Crippen LogP contribution is 2.44. The molecule has 0 bridgehead atoms. The number of aliphatic hydroxyl groups is 1. The first kappa shape index (κ1) is 13.0. The molecule has 1 saturated heterocycles. The van der Waals surface area contributed by atoms with Crippen molar-refractivity contribution in [3.63, 3.8) is 0 Å². The van der Waals surface area contributed by atoms with Crippen LogP contribution in [0.4, 0.5) is 0 Å². The van der Waals surface area contributed by atoms with Crippen LogP contribution in [0, 0.1) is 5.92 Å². The lowest BCUT2D eigenvalue weighted by Crippen LogP contribution is -2.29. The highest BCUT2D eigenvalue weighted by atomic mass is 16.5. The van der Waals surface area contributed by atoms with Gasteiger partial charge in [0.05, 0.1) is 17.3 Å². The van der Waals surface area contributed by atoms with E-state index in [1.165, 1.54) is 0 Å². The van der Waals surface area contributed by atoms with Gasteiger partial charge in [-0.15, -0.1) is 0 Å². The van der Waals surface area contributed by atoms with Gasteiger partial charge in [-0.2, -0.15) is 0 Å². The van der Waals surface area contributed by atoms with E-state index in [9.17, 15) is 5.11 Å². The molecular weight excluding hydrogens is 188 g/mol. The van der Waals surface area contributed by atoms with Gasteiger partial charge in [0.1, 0.15) is 0 Å². The van der Waals surface area contributed by atoms with Crippen LogP contribution >= 0.6 is 0 Å². The molecule has 2 heteroatoms. The molecule has 2 unspecified atom stereocenters. The van der Waals surface area contributed by atoms with E-state index in [-0.39, 0.29) is 17.3 Å². The minimum absolute atomic E-state index is 0.00529. The standard InChI is InChI=1S/C13H26O2/c1-6-11(14)8-7-10-9-12(2,3)15-13(10,4)5/h10-11,14H,6-9H2,1-5H3. The number of rotatable bonds is 4. The van der Waals surface area contributed by atoms with Crippen molar-refractivity contribution < 1.29 is 9.84 Å². The Morgan fingerprint density at radius 3 is 2.33 bits per heavy atom. The van der Waals surface area contributed by atoms with Gasteiger partial charge in [0.15, 0.2) is 0 Å². The minimum atomic E-state index is -0.135. The molecule has 1 rings (SSSR count). The molecule has 2 nitrogen and oxygen atoms in total. The monoisotopic (exact) mass is 214 g/mol. The SMILES string of the molecule is CCC(O)CCC1CC(C)(C)OC1(C)C. The third-order valence-corrected chi connectivity index (χ3v) is 3.58. The van der Waals surface area contributed by atoms with Crippen LogP contribution in [0.2, 0.25) is 0 Å². The molecule has 0 spiro atoms. The lowest BCUT2D eigenvalue weighted by Gasteiger charge is -2.27. The van der Waals surface area contributed by atoms with Gasteiger partial charge in [-0.3, -0.25) is 0 Å². The van der Waals surface area contributed by atoms with Crippen LogP contribution < -0.4 is 0 Å². The summed E-state index contributed by atoms with van der Waals surface area (Å²) in [5, 5.41) is 9.58. The molecule has 0 radical (unpaired) electrons. The van der Waals surface area contributed by atoms with E-state index in [0.29, 0.717) is 5.92 Å². The lowest BCUT2D eigenvalue weighted by molar-refractivity contribution is -0.0759. The summed E-state index contributed by atoms with van der Waals surface area (Å²) in [6.45, 7) is 10.7. The molecule has 2 atom stereocenters. The van der Waals surface area contributed by atoms with Gasteiger partial charge >= 0.3 is 0 Å². The Balaban J connectivity index is 2.48. The Morgan fingerprint density at radius 2 is 1.93 bits per heavy atom. The maximum absolute atomic E-state index is 9.58. The van der Waals surface area contributed by atoms with E-state index >= 15 is 0 Å². The van der Waals surface area contributed by atoms with Gasteiger partial charge in [-0.1, -0.05) is 6.92 Å². The van der Waals surface area contributed by atoms with Gasteiger partial charge < -0.3 is 9.84 Å². The summed E-state index contributed by atoms with van der Waals surface area (Å²) in [4.78, 5) is 0. The molecule has 1 N–H and O–H groups in total. The number of ether oxygens (including phenoxy) is 1. The molecule has 0 aromatic carbocycles. The molecule has 0 aliphatic carbocycles. The van der Waals surface area contributed by atoms with Crippen molar-refractivity contribution >= 4 is 0 Å². The van der Waals surface area contributed by atoms with E-state index in [0.717, 1.165) is 25.7 Å². The first-order valence-corrected chi connectivity index (χ1v) is 6.15. The summed E-state index contributed by atoms with van der Waals surface area (Å²) in [5.41, 5.74) is -0.0255. The Labute approximate surface area is 94.0 Å². The van der Waals surface area contributed by atoms with Crippen molar-refractivity contribution in [1.29, 1.82) is 0 Å². The Bertz CT molecular complexity index is 209. The molecule has 90 valence electrons. The fourth-order valence-electron chi connectivity index (χ4n) is 2.72. The highest BCUT2D eigenvalue weighted by Gasteiger charge is 2.45. The van der Waals surface area contributed by atoms with E-state index in [1.54, 1.807) is 0 Å². The van der Waals surface area contributed by atoms with Crippen LogP contribution in [0.25, 0.3) is 0 Å². The zero-order valence-electron chi connectivity index (χ0n) is 10.8. The van der Waals surface area contributed by atoms with Gasteiger partial charge in [0, 0.05) is 0 Å². The molecule has 1 fully saturated rings. The third kappa shape index (κ3) is 3.46. The zero-order chi connectivity index (χ0) is 11.7. The first-order chi connectivity index (χ1) is 6.77. The summed E-state index contributed by atoms with van der Waals surface area (Å²) in [6, 6.07) is 0. The topological polar surface area (TPSA) is 29.5 Å². The molecule has 1 heterocycles. The van der Waals surface area contributed by atoms with Gasteiger partial charge in [-0.05, 0) is 59.3 Å². The average Bonchev–Trinajstić information content (AvgIpc) is 2.29. The maximum atomic E-state index is 9.58. The second-order valence-corrected chi connectivity index (χ2v) is 6.01. The summed E-state index contributed by atoms with van der Waals surface area (Å²) < 4.78 is 6.03. The van der Waals surface area contributed by atoms with E-state index in [4.69, 9.17) is 4.74 Å². The largest absolute Gasteiger partial charge is 0.393 e. The summed E-state index contributed by atoms with van der Waals surface area (Å²) in [7, 11) is 0. The van der Waals surface area contributed by atoms with Gasteiger partial charge in [-0.25, -0.2) is 0 Å². The van der Waals surface area contributed by atoms with Crippen molar-refractivity contribution in [3.8, 4) is 0 Å². The highest BCUT2D eigenvalue weighted by molar-refractivity contribution is 4.94. The Kier molecular flexibility index (Phi) is 3.83. The first-order valence-electron chi connectivity index (χ1n) is 6.15. The quantitative estimate of drug-likeness (QED) is 0.779. The zero-order valence-corrected chi connectivity index (χ0v) is 10.8. The molecule has 15 heavy (non-hydrogen) atoms. The fourth-order valence-corrected chi connectivity index (χ4v) is 2.72. The smallest absolute Gasteiger partial charge is 0.0662 e. The molecule has 0 amide bonds. The summed E-state index contributed by atoms with van der Waals surface area (Å²) in [6.07, 6.45) is 3.81. The van der Waals surface area contributed by atoms with E-state index in [2.05, 4.69) is 27.7 Å². The minimum Gasteiger partial charge on any atom is -0.393 e. The van der Waals surface area contributed by atoms with Gasteiger partial charge in [0.2, 0.25) is 0 Å². The van der Waals surface area contributed by atoms with Crippen LogP contribution in [0.1, 0.15) is 60.3 Å². The van der Waals surface area contributed by atoms with Crippen LogP contribution in [-0.2, 0) is 4.74 Å². The fraction of sp³-hybridized carbons (Fsp3) is 1.00. The third-order valence-electron chi connectivity index (χ3n) is 3.58. The summed E-state index contributed by atoms with van der Waals surface area (Å²) in [5.74, 6) is 0.577. The van der Waals surface area contributed by atoms with Crippen molar-refractivity contribution in [3.05, 3.63) is 0 Å². The number of aliphatic hydroxyl groups excluding tert-OH is 1. The number of hydrogen-bond donors (Lipinski definition) is 1. The van der Waals surface area contributed by atoms with Crippen molar-refractivity contribution in [2.24, 2.45) is 5.92 Å². The van der Waals surface area contributed by atoms with Gasteiger partial charge in [0.25, 0.3) is 0 Å². The number of hydrogen-bond acceptors (Lipinski definition) is 2. The average molecular weight is 214 g/mol. The van der Waals surface area contributed by atoms with Crippen molar-refractivity contribution in [2.75, 3.05) is 0 Å². The molecule has 0 aromatic rings. The summed E-state index contributed by atoms with van der Waals surface area (Å²) >= 11 is 0. The van der Waals surface area contributed by atoms with Crippen molar-refractivity contribution in [2.45, 2.75) is 77.6 Å². The Hall–Kier alpha value is -0.0800. The second kappa shape index (κ2) is 4.42. The van der Waals surface area contributed by atoms with Crippen LogP contribution in [0.15, 0.2) is 0 Å². The maximum Gasteiger partial charge on any atom is 0.0662 e. The Morgan fingerprint density at radius 1 is 1.33 bits per heavy atom. The van der Waals surface area contributed by atoms with E-state index < -0.39 is 0 Å². The normalized spacial score (nSPS) is 30.4. The molecular formula is C13H26O2. The van der Waals surface area contributed by atoms with E-state index in [1.807, 2.05) is 6.92 Å². The van der Waals surface area contributed by atoms with Crippen LogP contribution in [0.3, 0.4) is 0 Å². The molecule has 1 aliphatic heterocycles. The van der Waals surface area contributed by atoms with Crippen LogP contribution in [0.5, 0.6) is 0 Å².